The van der Waals surface area contributed by atoms with Crippen LogP contribution in [0, 0.1) is 5.41 Å². The number of nitrogens with zero attached hydrogens (tertiary/aromatic N) is 1. The minimum Gasteiger partial charge on any atom is -0.465 e. The summed E-state index contributed by atoms with van der Waals surface area (Å²) in [7, 11) is -2.30. The third-order valence-electron chi connectivity index (χ3n) is 4.19. The Morgan fingerprint density at radius 2 is 1.91 bits per heavy atom. The van der Waals surface area contributed by atoms with Gasteiger partial charge in [0.05, 0.1) is 17.6 Å². The number of ether oxygens (including phenoxy) is 1. The van der Waals surface area contributed by atoms with Crippen LogP contribution in [-0.2, 0) is 14.8 Å². The summed E-state index contributed by atoms with van der Waals surface area (Å²) in [6, 6.07) is 5.77. The van der Waals surface area contributed by atoms with E-state index in [-0.39, 0.29) is 16.4 Å². The van der Waals surface area contributed by atoms with Gasteiger partial charge < -0.3 is 10.5 Å². The van der Waals surface area contributed by atoms with E-state index in [1.807, 2.05) is 13.8 Å². The molecule has 0 radical (unpaired) electrons. The number of hydrogen-bond acceptors (Lipinski definition) is 5. The Balaban J connectivity index is 2.25. The first-order valence-corrected chi connectivity index (χ1v) is 8.56. The van der Waals surface area contributed by atoms with Gasteiger partial charge in [-0.25, -0.2) is 13.2 Å². The number of rotatable bonds is 3. The van der Waals surface area contributed by atoms with Gasteiger partial charge in [-0.1, -0.05) is 13.8 Å². The molecule has 2 rings (SSSR count). The standard InChI is InChI=1S/C15H22N2O4S/c1-15(2)10-17(9-8-13(15)16)22(19,20)12-6-4-11(5-7-12)14(18)21-3/h4-7,13H,8-10,16H2,1-3H3. The largest absolute Gasteiger partial charge is 0.465 e. The molecule has 1 heterocycles. The lowest BCUT2D eigenvalue weighted by molar-refractivity contribution is 0.0600. The van der Waals surface area contributed by atoms with Crippen molar-refractivity contribution in [3.63, 3.8) is 0 Å². The Morgan fingerprint density at radius 3 is 2.41 bits per heavy atom. The summed E-state index contributed by atoms with van der Waals surface area (Å²) in [5.41, 5.74) is 6.11. The van der Waals surface area contributed by atoms with Crippen molar-refractivity contribution < 1.29 is 17.9 Å². The van der Waals surface area contributed by atoms with Crippen LogP contribution in [0.3, 0.4) is 0 Å². The molecule has 1 aromatic rings. The van der Waals surface area contributed by atoms with Gasteiger partial charge in [0.2, 0.25) is 10.0 Å². The monoisotopic (exact) mass is 326 g/mol. The number of methoxy groups -OCH3 is 1. The summed E-state index contributed by atoms with van der Waals surface area (Å²) in [5.74, 6) is -0.492. The summed E-state index contributed by atoms with van der Waals surface area (Å²) >= 11 is 0. The summed E-state index contributed by atoms with van der Waals surface area (Å²) in [6.45, 7) is 4.74. The van der Waals surface area contributed by atoms with Crippen LogP contribution in [0.15, 0.2) is 29.2 Å². The summed E-state index contributed by atoms with van der Waals surface area (Å²) in [4.78, 5) is 11.6. The molecular weight excluding hydrogens is 304 g/mol. The first kappa shape index (κ1) is 16.9. The fourth-order valence-electron chi connectivity index (χ4n) is 2.56. The zero-order valence-electron chi connectivity index (χ0n) is 13.1. The third-order valence-corrected chi connectivity index (χ3v) is 6.05. The van der Waals surface area contributed by atoms with E-state index >= 15 is 0 Å². The van der Waals surface area contributed by atoms with Gasteiger partial charge in [0.1, 0.15) is 0 Å². The van der Waals surface area contributed by atoms with Crippen molar-refractivity contribution in [2.24, 2.45) is 11.1 Å². The lowest BCUT2D eigenvalue weighted by atomic mass is 9.81. The van der Waals surface area contributed by atoms with E-state index in [0.29, 0.717) is 25.1 Å². The smallest absolute Gasteiger partial charge is 0.337 e. The van der Waals surface area contributed by atoms with Crippen molar-refractivity contribution in [3.8, 4) is 0 Å². The quantitative estimate of drug-likeness (QED) is 0.844. The van der Waals surface area contributed by atoms with E-state index in [4.69, 9.17) is 5.73 Å². The molecule has 2 N–H and O–H groups in total. The van der Waals surface area contributed by atoms with Crippen molar-refractivity contribution in [2.45, 2.75) is 31.2 Å². The van der Waals surface area contributed by atoms with Crippen molar-refractivity contribution in [1.82, 2.24) is 4.31 Å². The Morgan fingerprint density at radius 1 is 1.32 bits per heavy atom. The molecule has 0 aromatic heterocycles. The molecule has 1 unspecified atom stereocenters. The first-order chi connectivity index (χ1) is 10.2. The van der Waals surface area contributed by atoms with Crippen LogP contribution < -0.4 is 5.73 Å². The van der Waals surface area contributed by atoms with Crippen molar-refractivity contribution in [2.75, 3.05) is 20.2 Å². The van der Waals surface area contributed by atoms with Gasteiger partial charge in [-0.15, -0.1) is 0 Å². The highest BCUT2D eigenvalue weighted by molar-refractivity contribution is 7.89. The zero-order chi connectivity index (χ0) is 16.5. The van der Waals surface area contributed by atoms with Crippen LogP contribution in [0.4, 0.5) is 0 Å². The van der Waals surface area contributed by atoms with E-state index in [9.17, 15) is 13.2 Å². The number of carbonyl (C=O) groups excluding carboxylic acids is 1. The topological polar surface area (TPSA) is 89.7 Å². The number of carbonyl (C=O) groups is 1. The predicted octanol–water partition coefficient (Wildman–Crippen LogP) is 1.22. The maximum Gasteiger partial charge on any atom is 0.337 e. The SMILES string of the molecule is COC(=O)c1ccc(S(=O)(=O)N2CCC(N)C(C)(C)C2)cc1. The van der Waals surface area contributed by atoms with Gasteiger partial charge in [-0.3, -0.25) is 0 Å². The van der Waals surface area contributed by atoms with Crippen LogP contribution in [0.1, 0.15) is 30.6 Å². The van der Waals surface area contributed by atoms with E-state index in [1.54, 1.807) is 0 Å². The number of hydrogen-bond donors (Lipinski definition) is 1. The van der Waals surface area contributed by atoms with E-state index in [0.717, 1.165) is 0 Å². The number of sulfonamides is 1. The van der Waals surface area contributed by atoms with Crippen molar-refractivity contribution in [1.29, 1.82) is 0 Å². The second kappa shape index (κ2) is 5.98. The van der Waals surface area contributed by atoms with Gasteiger partial charge in [0.25, 0.3) is 0 Å². The maximum atomic E-state index is 12.7. The van der Waals surface area contributed by atoms with E-state index < -0.39 is 16.0 Å². The highest BCUT2D eigenvalue weighted by Crippen LogP contribution is 2.31. The molecule has 1 aromatic carbocycles. The fourth-order valence-corrected chi connectivity index (χ4v) is 4.19. The normalized spacial score (nSPS) is 22.3. The average molecular weight is 326 g/mol. The summed E-state index contributed by atoms with van der Waals surface area (Å²) < 4.78 is 31.5. The van der Waals surface area contributed by atoms with Gasteiger partial charge in [-0.2, -0.15) is 4.31 Å². The molecule has 1 fully saturated rings. The Labute approximate surface area is 131 Å². The van der Waals surface area contributed by atoms with Gasteiger partial charge >= 0.3 is 5.97 Å². The second-order valence-electron chi connectivity index (χ2n) is 6.24. The molecule has 0 saturated carbocycles. The third kappa shape index (κ3) is 3.16. The van der Waals surface area contributed by atoms with Crippen molar-refractivity contribution >= 4 is 16.0 Å². The van der Waals surface area contributed by atoms with E-state index in [1.165, 1.54) is 35.7 Å². The Kier molecular flexibility index (Phi) is 4.60. The lowest BCUT2D eigenvalue weighted by Crippen LogP contribution is -2.53. The number of piperidine rings is 1. The first-order valence-electron chi connectivity index (χ1n) is 7.12. The number of nitrogens with two attached hydrogens (primary N) is 1. The lowest BCUT2D eigenvalue weighted by Gasteiger charge is -2.41. The molecule has 0 amide bonds. The zero-order valence-corrected chi connectivity index (χ0v) is 13.9. The van der Waals surface area contributed by atoms with Gasteiger partial charge in [0, 0.05) is 19.1 Å². The molecule has 0 aliphatic carbocycles. The van der Waals surface area contributed by atoms with Crippen LogP contribution in [0.5, 0.6) is 0 Å². The predicted molar refractivity (Wildman–Crippen MR) is 82.9 cm³/mol. The highest BCUT2D eigenvalue weighted by atomic mass is 32.2. The molecule has 7 heteroatoms. The fraction of sp³-hybridized carbons (Fsp3) is 0.533. The maximum absolute atomic E-state index is 12.7. The number of benzene rings is 1. The summed E-state index contributed by atoms with van der Waals surface area (Å²) in [5, 5.41) is 0. The molecule has 22 heavy (non-hydrogen) atoms. The highest BCUT2D eigenvalue weighted by Gasteiger charge is 2.38. The van der Waals surface area contributed by atoms with Gasteiger partial charge in [-0.05, 0) is 36.1 Å². The Hall–Kier alpha value is -1.44. The van der Waals surface area contributed by atoms with Crippen LogP contribution in [0.2, 0.25) is 0 Å². The minimum absolute atomic E-state index is 0.0133. The molecule has 0 spiro atoms. The molecular formula is C15H22N2O4S. The molecule has 1 saturated heterocycles. The minimum atomic E-state index is -3.58. The van der Waals surface area contributed by atoms with E-state index in [2.05, 4.69) is 4.74 Å². The van der Waals surface area contributed by atoms with Crippen LogP contribution >= 0.6 is 0 Å². The second-order valence-corrected chi connectivity index (χ2v) is 8.18. The molecule has 0 bridgehead atoms. The van der Waals surface area contributed by atoms with Crippen LogP contribution in [0.25, 0.3) is 0 Å². The van der Waals surface area contributed by atoms with Crippen LogP contribution in [-0.4, -0.2) is 44.9 Å². The molecule has 1 atom stereocenters. The Bertz CT molecular complexity index is 653. The molecule has 122 valence electrons. The molecule has 6 nitrogen and oxygen atoms in total. The van der Waals surface area contributed by atoms with Crippen molar-refractivity contribution in [3.05, 3.63) is 29.8 Å². The average Bonchev–Trinajstić information content (AvgIpc) is 2.49. The molecule has 1 aliphatic heterocycles. The number of esters is 1. The summed E-state index contributed by atoms with van der Waals surface area (Å²) in [6.07, 6.45) is 0.631. The molecule has 1 aliphatic rings. The van der Waals surface area contributed by atoms with Gasteiger partial charge in [0.15, 0.2) is 0 Å².